The molecule has 0 aliphatic rings. The average molecular weight is 378 g/mol. The van der Waals surface area contributed by atoms with Crippen LogP contribution in [0.25, 0.3) is 11.3 Å². The molecule has 2 heterocycles. The highest BCUT2D eigenvalue weighted by molar-refractivity contribution is 5.72. The van der Waals surface area contributed by atoms with E-state index in [1.165, 1.54) is 6.20 Å². The third kappa shape index (κ3) is 5.23. The fraction of sp³-hybridized carbons (Fsp3) is 0.250. The van der Waals surface area contributed by atoms with E-state index in [1.54, 1.807) is 37.5 Å². The van der Waals surface area contributed by atoms with E-state index in [0.29, 0.717) is 24.0 Å². The summed E-state index contributed by atoms with van der Waals surface area (Å²) in [5, 5.41) is 0. The van der Waals surface area contributed by atoms with E-state index < -0.39 is 0 Å². The van der Waals surface area contributed by atoms with Crippen LogP contribution in [0.15, 0.2) is 49.1 Å². The normalized spacial score (nSPS) is 10.5. The summed E-state index contributed by atoms with van der Waals surface area (Å²) in [5.74, 6) is 1.51. The van der Waals surface area contributed by atoms with Gasteiger partial charge < -0.3 is 15.4 Å². The minimum absolute atomic E-state index is 0.0524. The lowest BCUT2D eigenvalue weighted by Crippen LogP contribution is -2.25. The molecule has 8 heteroatoms. The van der Waals surface area contributed by atoms with Crippen LogP contribution in [-0.2, 0) is 11.2 Å². The Balaban J connectivity index is 1.60. The van der Waals surface area contributed by atoms with Crippen molar-refractivity contribution in [3.05, 3.63) is 54.7 Å². The Morgan fingerprint density at radius 3 is 2.57 bits per heavy atom. The van der Waals surface area contributed by atoms with Crippen molar-refractivity contribution in [1.29, 1.82) is 0 Å². The summed E-state index contributed by atoms with van der Waals surface area (Å²) in [4.78, 5) is 29.9. The fourth-order valence-electron chi connectivity index (χ4n) is 2.51. The van der Waals surface area contributed by atoms with Crippen LogP contribution in [-0.4, -0.2) is 44.3 Å². The zero-order valence-electron chi connectivity index (χ0n) is 15.9. The van der Waals surface area contributed by atoms with E-state index in [4.69, 9.17) is 10.5 Å². The highest BCUT2D eigenvalue weighted by atomic mass is 16.5. The second-order valence-electron chi connectivity index (χ2n) is 6.35. The van der Waals surface area contributed by atoms with E-state index in [0.717, 1.165) is 29.8 Å². The molecular weight excluding hydrogens is 356 g/mol. The minimum Gasteiger partial charge on any atom is -0.437 e. The van der Waals surface area contributed by atoms with Crippen LogP contribution in [0, 0.1) is 0 Å². The van der Waals surface area contributed by atoms with Crippen LogP contribution in [0.3, 0.4) is 0 Å². The standard InChI is InChI=1S/C20H22N6O2/c1-14(27)26(2)9-3-4-16-10-22-13-20(25-16)28-17-7-5-15(6-8-17)18-11-24-19(21)12-23-18/h5-8,10-13H,3-4,9H2,1-2H3,(H2,21,24). The van der Waals surface area contributed by atoms with Gasteiger partial charge in [0, 0.05) is 32.3 Å². The van der Waals surface area contributed by atoms with Crippen LogP contribution in [0.5, 0.6) is 11.6 Å². The van der Waals surface area contributed by atoms with Gasteiger partial charge in [0.15, 0.2) is 0 Å². The molecule has 144 valence electrons. The van der Waals surface area contributed by atoms with Gasteiger partial charge in [0.1, 0.15) is 11.6 Å². The Morgan fingerprint density at radius 1 is 1.11 bits per heavy atom. The third-order valence-electron chi connectivity index (χ3n) is 4.17. The summed E-state index contributed by atoms with van der Waals surface area (Å²) >= 11 is 0. The van der Waals surface area contributed by atoms with E-state index in [-0.39, 0.29) is 5.91 Å². The first-order valence-corrected chi connectivity index (χ1v) is 8.89. The van der Waals surface area contributed by atoms with Crippen molar-refractivity contribution in [2.75, 3.05) is 19.3 Å². The molecule has 0 spiro atoms. The van der Waals surface area contributed by atoms with Gasteiger partial charge in [-0.1, -0.05) is 0 Å². The number of ether oxygens (including phenoxy) is 1. The van der Waals surface area contributed by atoms with Crippen molar-refractivity contribution in [2.24, 2.45) is 0 Å². The maximum absolute atomic E-state index is 11.2. The molecule has 0 fully saturated rings. The zero-order valence-corrected chi connectivity index (χ0v) is 15.9. The molecule has 28 heavy (non-hydrogen) atoms. The largest absolute Gasteiger partial charge is 0.437 e. The molecule has 0 bridgehead atoms. The Hall–Kier alpha value is -3.55. The predicted octanol–water partition coefficient (Wildman–Crippen LogP) is 2.72. The van der Waals surface area contributed by atoms with Gasteiger partial charge in [0.2, 0.25) is 11.8 Å². The molecule has 0 aliphatic heterocycles. The van der Waals surface area contributed by atoms with E-state index in [9.17, 15) is 4.79 Å². The molecule has 3 rings (SSSR count). The lowest BCUT2D eigenvalue weighted by Gasteiger charge is -2.14. The van der Waals surface area contributed by atoms with Gasteiger partial charge >= 0.3 is 0 Å². The molecule has 1 aromatic carbocycles. The van der Waals surface area contributed by atoms with Gasteiger partial charge in [0.25, 0.3) is 0 Å². The summed E-state index contributed by atoms with van der Waals surface area (Å²) in [5.41, 5.74) is 8.03. The zero-order chi connectivity index (χ0) is 19.9. The number of nitrogens with two attached hydrogens (primary N) is 1. The maximum atomic E-state index is 11.2. The Bertz CT molecular complexity index is 928. The molecule has 3 aromatic rings. The van der Waals surface area contributed by atoms with Crippen molar-refractivity contribution < 1.29 is 9.53 Å². The number of hydrogen-bond donors (Lipinski definition) is 1. The summed E-state index contributed by atoms with van der Waals surface area (Å²) in [6, 6.07) is 7.46. The minimum atomic E-state index is 0.0524. The number of carbonyl (C=O) groups excluding carboxylic acids is 1. The van der Waals surface area contributed by atoms with Gasteiger partial charge in [-0.25, -0.2) is 9.97 Å². The van der Waals surface area contributed by atoms with Crippen molar-refractivity contribution in [3.63, 3.8) is 0 Å². The van der Waals surface area contributed by atoms with E-state index in [2.05, 4.69) is 19.9 Å². The lowest BCUT2D eigenvalue weighted by atomic mass is 10.1. The van der Waals surface area contributed by atoms with Crippen molar-refractivity contribution in [3.8, 4) is 22.9 Å². The van der Waals surface area contributed by atoms with Crippen molar-refractivity contribution in [2.45, 2.75) is 19.8 Å². The molecule has 8 nitrogen and oxygen atoms in total. The quantitative estimate of drug-likeness (QED) is 0.673. The molecule has 0 radical (unpaired) electrons. The highest BCUT2D eigenvalue weighted by Crippen LogP contribution is 2.23. The summed E-state index contributed by atoms with van der Waals surface area (Å²) in [6.45, 7) is 2.23. The molecule has 1 amide bonds. The summed E-state index contributed by atoms with van der Waals surface area (Å²) < 4.78 is 5.80. The SMILES string of the molecule is CC(=O)N(C)CCCc1cncc(Oc2ccc(-c3cnc(N)cn3)cc2)n1. The molecule has 2 N–H and O–H groups in total. The van der Waals surface area contributed by atoms with Crippen molar-refractivity contribution in [1.82, 2.24) is 24.8 Å². The molecule has 0 atom stereocenters. The van der Waals surface area contributed by atoms with Gasteiger partial charge in [0.05, 0.1) is 30.0 Å². The number of anilines is 1. The summed E-state index contributed by atoms with van der Waals surface area (Å²) in [6.07, 6.45) is 7.97. The first-order valence-electron chi connectivity index (χ1n) is 8.89. The van der Waals surface area contributed by atoms with Crippen LogP contribution < -0.4 is 10.5 Å². The Labute approximate surface area is 163 Å². The highest BCUT2D eigenvalue weighted by Gasteiger charge is 2.06. The Morgan fingerprint density at radius 2 is 1.89 bits per heavy atom. The molecule has 0 unspecified atom stereocenters. The van der Waals surface area contributed by atoms with E-state index >= 15 is 0 Å². The third-order valence-corrected chi connectivity index (χ3v) is 4.17. The lowest BCUT2D eigenvalue weighted by molar-refractivity contribution is -0.127. The number of aryl methyl sites for hydroxylation is 1. The smallest absolute Gasteiger partial charge is 0.238 e. The van der Waals surface area contributed by atoms with Crippen molar-refractivity contribution >= 4 is 11.7 Å². The van der Waals surface area contributed by atoms with Gasteiger partial charge in [-0.15, -0.1) is 0 Å². The first-order chi connectivity index (χ1) is 13.5. The van der Waals surface area contributed by atoms with Crippen LogP contribution in [0.4, 0.5) is 5.82 Å². The van der Waals surface area contributed by atoms with E-state index in [1.807, 2.05) is 24.3 Å². The molecule has 0 aliphatic carbocycles. The molecule has 0 saturated carbocycles. The molecule has 2 aromatic heterocycles. The predicted molar refractivity (Wildman–Crippen MR) is 106 cm³/mol. The molecule has 0 saturated heterocycles. The van der Waals surface area contributed by atoms with Crippen LogP contribution in [0.2, 0.25) is 0 Å². The molecular formula is C20H22N6O2. The number of carbonyl (C=O) groups is 1. The topological polar surface area (TPSA) is 107 Å². The number of aromatic nitrogens is 4. The fourth-order valence-corrected chi connectivity index (χ4v) is 2.51. The summed E-state index contributed by atoms with van der Waals surface area (Å²) in [7, 11) is 1.78. The van der Waals surface area contributed by atoms with Crippen LogP contribution in [0.1, 0.15) is 19.0 Å². The number of nitrogens with zero attached hydrogens (tertiary/aromatic N) is 5. The number of amides is 1. The number of hydrogen-bond acceptors (Lipinski definition) is 7. The first kappa shape index (κ1) is 19.2. The van der Waals surface area contributed by atoms with Gasteiger partial charge in [-0.2, -0.15) is 0 Å². The number of rotatable bonds is 7. The second kappa shape index (κ2) is 8.90. The van der Waals surface area contributed by atoms with Gasteiger partial charge in [-0.05, 0) is 37.1 Å². The second-order valence-corrected chi connectivity index (χ2v) is 6.35. The average Bonchev–Trinajstić information content (AvgIpc) is 2.69. The maximum Gasteiger partial charge on any atom is 0.238 e. The van der Waals surface area contributed by atoms with Crippen LogP contribution >= 0.6 is 0 Å². The Kier molecular flexibility index (Phi) is 6.11. The number of benzene rings is 1. The van der Waals surface area contributed by atoms with Gasteiger partial charge in [-0.3, -0.25) is 14.8 Å². The number of nitrogen functional groups attached to an aromatic ring is 1. The monoisotopic (exact) mass is 378 g/mol.